The number of hydrogen-bond donors (Lipinski definition) is 1. The van der Waals surface area contributed by atoms with Gasteiger partial charge in [-0.25, -0.2) is 4.68 Å². The molecule has 5 nitrogen and oxygen atoms in total. The number of aliphatic imine (C=N–C) groups is 1. The normalized spacial score (nSPS) is 14.5. The highest BCUT2D eigenvalue weighted by molar-refractivity contribution is 6.10. The largest absolute Gasteiger partial charge is 0.383 e. The number of nitrogens with zero attached hydrogens (tertiary/aromatic N) is 4. The van der Waals surface area contributed by atoms with Crippen LogP contribution in [0.15, 0.2) is 41.5 Å². The van der Waals surface area contributed by atoms with Crippen molar-refractivity contribution in [3.05, 3.63) is 47.8 Å². The molecule has 1 aromatic heterocycles. The lowest BCUT2D eigenvalue weighted by Gasteiger charge is -2.16. The van der Waals surface area contributed by atoms with E-state index in [2.05, 4.69) is 10.1 Å². The second-order valence-corrected chi connectivity index (χ2v) is 4.90. The fourth-order valence-electron chi connectivity index (χ4n) is 2.25. The molecular formula is C15H17N5. The average Bonchev–Trinajstić information content (AvgIpc) is 2.76. The quantitative estimate of drug-likeness (QED) is 0.906. The Morgan fingerprint density at radius 3 is 2.65 bits per heavy atom. The van der Waals surface area contributed by atoms with Gasteiger partial charge < -0.3 is 10.6 Å². The molecule has 3 rings (SSSR count). The Labute approximate surface area is 118 Å². The van der Waals surface area contributed by atoms with Crippen LogP contribution in [0.3, 0.4) is 0 Å². The fraction of sp³-hybridized carbons (Fsp3) is 0.200. The number of nitrogens with two attached hydrogens (primary N) is 1. The van der Waals surface area contributed by atoms with E-state index >= 15 is 0 Å². The third-order valence-electron chi connectivity index (χ3n) is 3.34. The van der Waals surface area contributed by atoms with Gasteiger partial charge in [0.1, 0.15) is 18.2 Å². The average molecular weight is 267 g/mol. The molecule has 5 heteroatoms. The zero-order chi connectivity index (χ0) is 14.1. The summed E-state index contributed by atoms with van der Waals surface area (Å²) in [4.78, 5) is 6.33. The van der Waals surface area contributed by atoms with Crippen LogP contribution in [-0.4, -0.2) is 34.6 Å². The van der Waals surface area contributed by atoms with Gasteiger partial charge in [0.2, 0.25) is 0 Å². The fourth-order valence-corrected chi connectivity index (χ4v) is 2.25. The molecule has 0 atom stereocenters. The molecule has 1 aliphatic rings. The second kappa shape index (κ2) is 4.85. The highest BCUT2D eigenvalue weighted by Crippen LogP contribution is 2.25. The van der Waals surface area contributed by atoms with Crippen LogP contribution >= 0.6 is 0 Å². The molecule has 2 heterocycles. The second-order valence-electron chi connectivity index (χ2n) is 4.90. The number of para-hydroxylation sites is 1. The van der Waals surface area contributed by atoms with Gasteiger partial charge in [-0.15, -0.1) is 0 Å². The summed E-state index contributed by atoms with van der Waals surface area (Å²) in [6, 6.07) is 9.90. The van der Waals surface area contributed by atoms with Gasteiger partial charge in [0.05, 0.1) is 5.69 Å². The van der Waals surface area contributed by atoms with Crippen LogP contribution in [0.2, 0.25) is 0 Å². The molecule has 0 spiro atoms. The Morgan fingerprint density at radius 1 is 1.20 bits per heavy atom. The first-order chi connectivity index (χ1) is 9.66. The zero-order valence-corrected chi connectivity index (χ0v) is 11.6. The summed E-state index contributed by atoms with van der Waals surface area (Å²) < 4.78 is 1.77. The maximum absolute atomic E-state index is 6.19. The highest BCUT2D eigenvalue weighted by Gasteiger charge is 2.17. The van der Waals surface area contributed by atoms with E-state index in [1.54, 1.807) is 4.68 Å². The Bertz CT molecular complexity index is 682. The van der Waals surface area contributed by atoms with E-state index in [0.717, 1.165) is 22.5 Å². The summed E-state index contributed by atoms with van der Waals surface area (Å²) in [5, 5.41) is 4.64. The molecule has 102 valence electrons. The van der Waals surface area contributed by atoms with Crippen molar-refractivity contribution in [1.29, 1.82) is 0 Å². The summed E-state index contributed by atoms with van der Waals surface area (Å²) >= 11 is 0. The van der Waals surface area contributed by atoms with Gasteiger partial charge in [-0.05, 0) is 19.1 Å². The van der Waals surface area contributed by atoms with Crippen molar-refractivity contribution in [2.75, 3.05) is 19.5 Å². The minimum Gasteiger partial charge on any atom is -0.383 e. The standard InChI is InChI=1S/C15H17N5/c1-11-14(12-8-17-10-19(2)9-12)18-20(15(11)16)13-6-4-3-5-7-13/h3-9H,10,16H2,1-2H3. The van der Waals surface area contributed by atoms with Crippen LogP contribution in [0.25, 0.3) is 11.3 Å². The lowest BCUT2D eigenvalue weighted by atomic mass is 10.1. The Balaban J connectivity index is 2.09. The van der Waals surface area contributed by atoms with E-state index in [1.807, 2.05) is 61.6 Å². The zero-order valence-electron chi connectivity index (χ0n) is 11.6. The van der Waals surface area contributed by atoms with Gasteiger partial charge in [-0.1, -0.05) is 18.2 Å². The molecule has 0 fully saturated rings. The summed E-state index contributed by atoms with van der Waals surface area (Å²) in [6.45, 7) is 2.66. The van der Waals surface area contributed by atoms with Gasteiger partial charge in [0, 0.05) is 30.6 Å². The molecular weight excluding hydrogens is 250 g/mol. The SMILES string of the molecule is Cc1c(C2=CN(C)CN=C2)nn(-c2ccccc2)c1N. The van der Waals surface area contributed by atoms with E-state index < -0.39 is 0 Å². The van der Waals surface area contributed by atoms with Gasteiger partial charge in [0.15, 0.2) is 0 Å². The van der Waals surface area contributed by atoms with Gasteiger partial charge in [-0.2, -0.15) is 5.10 Å². The van der Waals surface area contributed by atoms with Crippen molar-refractivity contribution in [3.8, 4) is 5.69 Å². The molecule has 0 saturated carbocycles. The van der Waals surface area contributed by atoms with Crippen LogP contribution in [0.1, 0.15) is 11.3 Å². The smallest absolute Gasteiger partial charge is 0.130 e. The van der Waals surface area contributed by atoms with E-state index in [4.69, 9.17) is 5.73 Å². The predicted octanol–water partition coefficient (Wildman–Crippen LogP) is 2.08. The topological polar surface area (TPSA) is 59.4 Å². The van der Waals surface area contributed by atoms with Crippen LogP contribution in [0.5, 0.6) is 0 Å². The summed E-state index contributed by atoms with van der Waals surface area (Å²) in [7, 11) is 1.99. The minimum atomic E-state index is 0.661. The monoisotopic (exact) mass is 267 g/mol. The number of rotatable bonds is 2. The van der Waals surface area contributed by atoms with Crippen molar-refractivity contribution in [2.45, 2.75) is 6.92 Å². The van der Waals surface area contributed by atoms with Crippen LogP contribution < -0.4 is 5.73 Å². The molecule has 0 amide bonds. The summed E-state index contributed by atoms with van der Waals surface area (Å²) in [6.07, 6.45) is 3.89. The third kappa shape index (κ3) is 2.07. The number of aromatic nitrogens is 2. The van der Waals surface area contributed by atoms with Crippen LogP contribution in [0.4, 0.5) is 5.82 Å². The Kier molecular flexibility index (Phi) is 3.02. The molecule has 0 aliphatic carbocycles. The third-order valence-corrected chi connectivity index (χ3v) is 3.34. The predicted molar refractivity (Wildman–Crippen MR) is 81.8 cm³/mol. The lowest BCUT2D eigenvalue weighted by Crippen LogP contribution is -2.15. The molecule has 2 aromatic rings. The Hall–Kier alpha value is -2.56. The van der Waals surface area contributed by atoms with Crippen LogP contribution in [-0.2, 0) is 0 Å². The first kappa shape index (κ1) is 12.5. The van der Waals surface area contributed by atoms with E-state index in [9.17, 15) is 0 Å². The number of allylic oxidation sites excluding steroid dienone is 1. The molecule has 0 bridgehead atoms. The highest BCUT2D eigenvalue weighted by atomic mass is 15.3. The lowest BCUT2D eigenvalue weighted by molar-refractivity contribution is 0.472. The first-order valence-electron chi connectivity index (χ1n) is 6.49. The van der Waals surface area contributed by atoms with Crippen molar-refractivity contribution in [2.24, 2.45) is 4.99 Å². The van der Waals surface area contributed by atoms with Crippen molar-refractivity contribution in [1.82, 2.24) is 14.7 Å². The first-order valence-corrected chi connectivity index (χ1v) is 6.49. The number of anilines is 1. The minimum absolute atomic E-state index is 0.661. The van der Waals surface area contributed by atoms with Crippen LogP contribution in [0, 0.1) is 6.92 Å². The molecule has 0 saturated heterocycles. The number of benzene rings is 1. The van der Waals surface area contributed by atoms with Gasteiger partial charge >= 0.3 is 0 Å². The molecule has 0 radical (unpaired) electrons. The van der Waals surface area contributed by atoms with Gasteiger partial charge in [-0.3, -0.25) is 4.99 Å². The molecule has 2 N–H and O–H groups in total. The maximum Gasteiger partial charge on any atom is 0.130 e. The van der Waals surface area contributed by atoms with E-state index in [1.165, 1.54) is 0 Å². The molecule has 1 aromatic carbocycles. The summed E-state index contributed by atoms with van der Waals surface area (Å²) in [5.41, 5.74) is 9.99. The van der Waals surface area contributed by atoms with Crippen molar-refractivity contribution in [3.63, 3.8) is 0 Å². The van der Waals surface area contributed by atoms with E-state index in [-0.39, 0.29) is 0 Å². The summed E-state index contributed by atoms with van der Waals surface area (Å²) in [5.74, 6) is 0.661. The van der Waals surface area contributed by atoms with Crippen molar-refractivity contribution >= 4 is 17.6 Å². The molecule has 0 unspecified atom stereocenters. The number of nitrogen functional groups attached to an aromatic ring is 1. The molecule has 1 aliphatic heterocycles. The van der Waals surface area contributed by atoms with E-state index in [0.29, 0.717) is 12.5 Å². The molecule has 20 heavy (non-hydrogen) atoms. The van der Waals surface area contributed by atoms with Crippen molar-refractivity contribution < 1.29 is 0 Å². The Morgan fingerprint density at radius 2 is 1.95 bits per heavy atom. The van der Waals surface area contributed by atoms with Gasteiger partial charge in [0.25, 0.3) is 0 Å². The number of hydrogen-bond acceptors (Lipinski definition) is 4. The maximum atomic E-state index is 6.19.